The lowest BCUT2D eigenvalue weighted by Crippen LogP contribution is -2.49. The van der Waals surface area contributed by atoms with E-state index in [0.29, 0.717) is 31.9 Å². The zero-order valence-corrected chi connectivity index (χ0v) is 13.6. The van der Waals surface area contributed by atoms with E-state index >= 15 is 0 Å². The van der Waals surface area contributed by atoms with Gasteiger partial charge in [0.25, 0.3) is 5.91 Å². The Balaban J connectivity index is 1.52. The second-order valence-electron chi connectivity index (χ2n) is 5.41. The molecule has 24 heavy (non-hydrogen) atoms. The number of hydrogen-bond acceptors (Lipinski definition) is 8. The van der Waals surface area contributed by atoms with Crippen LogP contribution in [0.5, 0.6) is 0 Å². The molecule has 1 aliphatic heterocycles. The highest BCUT2D eigenvalue weighted by molar-refractivity contribution is 7.16. The summed E-state index contributed by atoms with van der Waals surface area (Å²) in [6, 6.07) is 2.01. The minimum atomic E-state index is -0.0920. The number of amides is 1. The Morgan fingerprint density at radius 2 is 2.00 bits per heavy atom. The number of carbonyl (C=O) groups is 1. The molecule has 9 heteroatoms. The number of fused-ring (bicyclic) bond motifs is 1. The molecule has 0 unspecified atom stereocenters. The van der Waals surface area contributed by atoms with Gasteiger partial charge in [-0.2, -0.15) is 4.98 Å². The molecule has 0 aliphatic carbocycles. The zero-order valence-electron chi connectivity index (χ0n) is 12.8. The minimum absolute atomic E-state index is 0.0920. The lowest BCUT2D eigenvalue weighted by molar-refractivity contribution is 0.0740. The lowest BCUT2D eigenvalue weighted by Gasteiger charge is -2.35. The summed E-state index contributed by atoms with van der Waals surface area (Å²) >= 11 is 1.54. The maximum Gasteiger partial charge on any atom is 0.274 e. The van der Waals surface area contributed by atoms with Gasteiger partial charge in [-0.25, -0.2) is 9.97 Å². The van der Waals surface area contributed by atoms with Crippen molar-refractivity contribution in [1.82, 2.24) is 24.8 Å². The van der Waals surface area contributed by atoms with Crippen molar-refractivity contribution < 1.29 is 4.79 Å². The highest BCUT2D eigenvalue weighted by atomic mass is 32.1. The summed E-state index contributed by atoms with van der Waals surface area (Å²) in [6.45, 7) is 2.58. The quantitative estimate of drug-likeness (QED) is 0.742. The number of aromatic nitrogens is 4. The summed E-state index contributed by atoms with van der Waals surface area (Å²) in [4.78, 5) is 33.9. The number of piperazine rings is 1. The molecule has 3 aromatic rings. The molecule has 8 nitrogen and oxygen atoms in total. The highest BCUT2D eigenvalue weighted by Crippen LogP contribution is 2.29. The fourth-order valence-corrected chi connectivity index (χ4v) is 3.56. The SMILES string of the molecule is Nc1nc(N2CCN(C(=O)c3cnccn3)CC2)c2ccsc2n1. The monoisotopic (exact) mass is 341 g/mol. The molecule has 4 rings (SSSR count). The van der Waals surface area contributed by atoms with Gasteiger partial charge in [0.15, 0.2) is 0 Å². The van der Waals surface area contributed by atoms with E-state index in [2.05, 4.69) is 24.8 Å². The van der Waals surface area contributed by atoms with Crippen LogP contribution in [0.4, 0.5) is 11.8 Å². The van der Waals surface area contributed by atoms with Crippen molar-refractivity contribution >= 4 is 39.2 Å². The van der Waals surface area contributed by atoms with Crippen molar-refractivity contribution in [1.29, 1.82) is 0 Å². The molecule has 1 fully saturated rings. The molecule has 0 spiro atoms. The van der Waals surface area contributed by atoms with Gasteiger partial charge in [0.05, 0.1) is 11.6 Å². The van der Waals surface area contributed by atoms with Crippen LogP contribution in [0.25, 0.3) is 10.2 Å². The van der Waals surface area contributed by atoms with Gasteiger partial charge in [-0.3, -0.25) is 9.78 Å². The molecule has 0 atom stereocenters. The standard InChI is InChI=1S/C15H15N7OS/c16-15-19-12(10-1-8-24-13(10)20-15)21-4-6-22(7-5-21)14(23)11-9-17-2-3-18-11/h1-3,8-9H,4-7H2,(H2,16,19,20). The van der Waals surface area contributed by atoms with Gasteiger partial charge in [-0.15, -0.1) is 11.3 Å². The van der Waals surface area contributed by atoms with Gasteiger partial charge in [0.2, 0.25) is 5.95 Å². The smallest absolute Gasteiger partial charge is 0.274 e. The van der Waals surface area contributed by atoms with Crippen LogP contribution in [0.15, 0.2) is 30.0 Å². The first-order valence-electron chi connectivity index (χ1n) is 7.53. The molecular weight excluding hydrogens is 326 g/mol. The Kier molecular flexibility index (Phi) is 3.69. The number of anilines is 2. The van der Waals surface area contributed by atoms with E-state index in [1.54, 1.807) is 22.4 Å². The molecule has 0 saturated carbocycles. The second kappa shape index (κ2) is 6.00. The topological polar surface area (TPSA) is 101 Å². The molecule has 0 bridgehead atoms. The lowest BCUT2D eigenvalue weighted by atomic mass is 10.2. The van der Waals surface area contributed by atoms with Gasteiger partial charge in [0, 0.05) is 38.6 Å². The van der Waals surface area contributed by atoms with E-state index in [9.17, 15) is 4.79 Å². The number of thiophene rings is 1. The molecular formula is C15H15N7OS. The summed E-state index contributed by atoms with van der Waals surface area (Å²) < 4.78 is 0. The first kappa shape index (κ1) is 14.8. The predicted molar refractivity (Wildman–Crippen MR) is 92.0 cm³/mol. The Morgan fingerprint density at radius 1 is 1.17 bits per heavy atom. The van der Waals surface area contributed by atoms with E-state index in [-0.39, 0.29) is 11.9 Å². The normalized spacial score (nSPS) is 15.0. The highest BCUT2D eigenvalue weighted by Gasteiger charge is 2.25. The average Bonchev–Trinajstić information content (AvgIpc) is 3.09. The first-order chi connectivity index (χ1) is 11.7. The van der Waals surface area contributed by atoms with E-state index < -0.39 is 0 Å². The molecule has 4 heterocycles. The van der Waals surface area contributed by atoms with E-state index in [4.69, 9.17) is 5.73 Å². The third-order valence-corrected chi connectivity index (χ3v) is 4.78. The maximum atomic E-state index is 12.4. The van der Waals surface area contributed by atoms with Crippen molar-refractivity contribution in [2.45, 2.75) is 0 Å². The average molecular weight is 341 g/mol. The summed E-state index contributed by atoms with van der Waals surface area (Å²) in [7, 11) is 0. The van der Waals surface area contributed by atoms with Crippen molar-refractivity contribution in [3.63, 3.8) is 0 Å². The summed E-state index contributed by atoms with van der Waals surface area (Å²) in [5.74, 6) is 1.02. The van der Waals surface area contributed by atoms with Crippen LogP contribution in [-0.4, -0.2) is 56.9 Å². The summed E-state index contributed by atoms with van der Waals surface area (Å²) in [5, 5.41) is 2.98. The third-order valence-electron chi connectivity index (χ3n) is 3.97. The fraction of sp³-hybridized carbons (Fsp3) is 0.267. The fourth-order valence-electron chi connectivity index (χ4n) is 2.79. The van der Waals surface area contributed by atoms with Gasteiger partial charge in [-0.1, -0.05) is 0 Å². The number of nitrogen functional groups attached to an aromatic ring is 1. The Hall–Kier alpha value is -2.81. The molecule has 0 aromatic carbocycles. The molecule has 1 aliphatic rings. The van der Waals surface area contributed by atoms with Crippen LogP contribution in [0.2, 0.25) is 0 Å². The Labute approximate surface area is 142 Å². The van der Waals surface area contributed by atoms with Crippen molar-refractivity contribution in [3.8, 4) is 0 Å². The maximum absolute atomic E-state index is 12.4. The van der Waals surface area contributed by atoms with E-state index in [0.717, 1.165) is 16.0 Å². The predicted octanol–water partition coefficient (Wildman–Crippen LogP) is 1.03. The molecule has 1 saturated heterocycles. The minimum Gasteiger partial charge on any atom is -0.368 e. The number of nitrogens with two attached hydrogens (primary N) is 1. The number of hydrogen-bond donors (Lipinski definition) is 1. The first-order valence-corrected chi connectivity index (χ1v) is 8.41. The van der Waals surface area contributed by atoms with Crippen LogP contribution >= 0.6 is 11.3 Å². The number of nitrogens with zero attached hydrogens (tertiary/aromatic N) is 6. The third kappa shape index (κ3) is 2.62. The van der Waals surface area contributed by atoms with Gasteiger partial charge in [-0.05, 0) is 11.4 Å². The molecule has 1 amide bonds. The zero-order chi connectivity index (χ0) is 16.5. The van der Waals surface area contributed by atoms with Gasteiger partial charge >= 0.3 is 0 Å². The molecule has 3 aromatic heterocycles. The van der Waals surface area contributed by atoms with E-state index in [1.807, 2.05) is 11.4 Å². The Morgan fingerprint density at radius 3 is 2.75 bits per heavy atom. The number of carbonyl (C=O) groups excluding carboxylic acids is 1. The number of rotatable bonds is 2. The van der Waals surface area contributed by atoms with Crippen LogP contribution in [0.3, 0.4) is 0 Å². The van der Waals surface area contributed by atoms with Crippen molar-refractivity contribution in [3.05, 3.63) is 35.7 Å². The summed E-state index contributed by atoms with van der Waals surface area (Å²) in [6.07, 6.45) is 4.58. The van der Waals surface area contributed by atoms with Crippen LogP contribution < -0.4 is 10.6 Å². The van der Waals surface area contributed by atoms with Crippen LogP contribution in [0, 0.1) is 0 Å². The Bertz CT molecular complexity index is 874. The van der Waals surface area contributed by atoms with Crippen LogP contribution in [-0.2, 0) is 0 Å². The molecule has 2 N–H and O–H groups in total. The molecule has 0 radical (unpaired) electrons. The van der Waals surface area contributed by atoms with Crippen molar-refractivity contribution in [2.24, 2.45) is 0 Å². The van der Waals surface area contributed by atoms with Gasteiger partial charge < -0.3 is 15.5 Å². The summed E-state index contributed by atoms with van der Waals surface area (Å²) in [5.41, 5.74) is 6.19. The van der Waals surface area contributed by atoms with Crippen LogP contribution in [0.1, 0.15) is 10.5 Å². The largest absolute Gasteiger partial charge is 0.368 e. The second-order valence-corrected chi connectivity index (χ2v) is 6.31. The van der Waals surface area contributed by atoms with Gasteiger partial charge in [0.1, 0.15) is 16.3 Å². The van der Waals surface area contributed by atoms with Crippen molar-refractivity contribution in [2.75, 3.05) is 36.8 Å². The van der Waals surface area contributed by atoms with E-state index in [1.165, 1.54) is 12.4 Å². The molecule has 122 valence electrons.